The number of hydrogen-bond acceptors (Lipinski definition) is 2. The van der Waals surface area contributed by atoms with Gasteiger partial charge in [0.25, 0.3) is 0 Å². The van der Waals surface area contributed by atoms with Crippen LogP contribution in [0.25, 0.3) is 76.8 Å². The molecule has 358 valence electrons. The van der Waals surface area contributed by atoms with Crippen LogP contribution in [0.5, 0.6) is 0 Å². The van der Waals surface area contributed by atoms with Crippen molar-refractivity contribution in [2.45, 2.75) is 53.9 Å². The molecule has 0 amide bonds. The van der Waals surface area contributed by atoms with Gasteiger partial charge in [-0.2, -0.15) is 0 Å². The maximum atomic E-state index is 2.56. The Balaban J connectivity index is 1.25. The highest BCUT2D eigenvalue weighted by Crippen LogP contribution is 2.53. The van der Waals surface area contributed by atoms with E-state index >= 15 is 0 Å². The Labute approximate surface area is 436 Å². The van der Waals surface area contributed by atoms with Gasteiger partial charge in [-0.15, -0.1) is 0 Å². The lowest BCUT2D eigenvalue weighted by atomic mass is 9.83. The fourth-order valence-electron chi connectivity index (χ4n) is 11.3. The quantitative estimate of drug-likeness (QED) is 0.126. The summed E-state index contributed by atoms with van der Waals surface area (Å²) in [4.78, 5) is 5.13. The molecule has 0 heterocycles. The highest BCUT2D eigenvalue weighted by Gasteiger charge is 2.29. The van der Waals surface area contributed by atoms with Gasteiger partial charge < -0.3 is 9.80 Å². The van der Waals surface area contributed by atoms with Crippen molar-refractivity contribution in [1.82, 2.24) is 0 Å². The zero-order valence-corrected chi connectivity index (χ0v) is 43.4. The molecule has 0 saturated carbocycles. The third-order valence-electron chi connectivity index (χ3n) is 15.2. The lowest BCUT2D eigenvalue weighted by molar-refractivity contribution is 0.591. The fraction of sp³-hybridized carbons (Fsp3) is 0.111. The molecule has 0 atom stereocenters. The molecular formula is C72H60N2. The van der Waals surface area contributed by atoms with Gasteiger partial charge in [0.15, 0.2) is 0 Å². The van der Waals surface area contributed by atoms with Gasteiger partial charge in [-0.3, -0.25) is 0 Å². The van der Waals surface area contributed by atoms with Crippen molar-refractivity contribution in [2.24, 2.45) is 0 Å². The SMILES string of the molecule is Cc1cccc(N(c2cc(-c3ccccc3)cc(-c3ccccc3)c2C)c2cc(N(c3cccc(C)c3)c3cc(-c4ccccc4)cc(-c4ccccc4)c3C)c3ccc4cc(C(C)(C)C)cc5ccc2c3c54)c1. The van der Waals surface area contributed by atoms with Gasteiger partial charge in [0.05, 0.1) is 22.7 Å². The Bertz CT molecular complexity index is 3770. The minimum atomic E-state index is -0.0276. The summed E-state index contributed by atoms with van der Waals surface area (Å²) in [5.74, 6) is 0. The van der Waals surface area contributed by atoms with Crippen LogP contribution in [0, 0.1) is 27.7 Å². The van der Waals surface area contributed by atoms with Crippen molar-refractivity contribution < 1.29 is 0 Å². The van der Waals surface area contributed by atoms with E-state index in [1.807, 2.05) is 0 Å². The number of aryl methyl sites for hydroxylation is 2. The van der Waals surface area contributed by atoms with E-state index in [2.05, 4.69) is 295 Å². The van der Waals surface area contributed by atoms with Gasteiger partial charge in [0, 0.05) is 27.5 Å². The fourth-order valence-corrected chi connectivity index (χ4v) is 11.3. The molecule has 0 aliphatic rings. The maximum absolute atomic E-state index is 2.56. The van der Waals surface area contributed by atoms with Crippen LogP contribution in [0.4, 0.5) is 34.1 Å². The van der Waals surface area contributed by atoms with E-state index in [4.69, 9.17) is 0 Å². The highest BCUT2D eigenvalue weighted by atomic mass is 15.2. The second kappa shape index (κ2) is 18.7. The van der Waals surface area contributed by atoms with Crippen LogP contribution in [-0.4, -0.2) is 0 Å². The van der Waals surface area contributed by atoms with Crippen LogP contribution < -0.4 is 9.80 Å². The van der Waals surface area contributed by atoms with Crippen LogP contribution >= 0.6 is 0 Å². The smallest absolute Gasteiger partial charge is 0.0561 e. The monoisotopic (exact) mass is 952 g/mol. The van der Waals surface area contributed by atoms with Gasteiger partial charge in [0.2, 0.25) is 0 Å². The first kappa shape index (κ1) is 46.4. The maximum Gasteiger partial charge on any atom is 0.0561 e. The molecule has 0 aliphatic carbocycles. The zero-order valence-electron chi connectivity index (χ0n) is 43.4. The first-order valence-electron chi connectivity index (χ1n) is 26.0. The second-order valence-corrected chi connectivity index (χ2v) is 21.2. The van der Waals surface area contributed by atoms with Crippen molar-refractivity contribution >= 4 is 66.4 Å². The Hall–Kier alpha value is -8.72. The van der Waals surface area contributed by atoms with Crippen molar-refractivity contribution in [1.29, 1.82) is 0 Å². The summed E-state index contributed by atoms with van der Waals surface area (Å²) in [6.45, 7) is 16.0. The van der Waals surface area contributed by atoms with Gasteiger partial charge >= 0.3 is 0 Å². The van der Waals surface area contributed by atoms with E-state index < -0.39 is 0 Å². The molecule has 0 bridgehead atoms. The largest absolute Gasteiger partial charge is 0.309 e. The second-order valence-electron chi connectivity index (χ2n) is 21.2. The minimum absolute atomic E-state index is 0.0276. The summed E-state index contributed by atoms with van der Waals surface area (Å²) in [5, 5.41) is 7.43. The standard InChI is InChI=1S/C72H60N2/c1-47-22-20-32-60(38-47)73(66-44-57(51-24-12-8-13-25-51)42-64(49(66)3)53-28-16-10-17-29-53)68-46-69(63-37-35-56-41-59(72(5,6)7)40-55-34-36-62(68)71(63)70(55)56)74(61-33-21-23-48(2)39-61)67-45-58(52-26-14-9-15-27-52)43-65(50(67)4)54-30-18-11-19-31-54/h8-46H,1-7H3. The van der Waals surface area contributed by atoms with Gasteiger partial charge in [0.1, 0.15) is 0 Å². The molecule has 74 heavy (non-hydrogen) atoms. The highest BCUT2D eigenvalue weighted by molar-refractivity contribution is 6.29. The molecule has 0 N–H and O–H groups in total. The van der Waals surface area contributed by atoms with E-state index in [0.29, 0.717) is 0 Å². The molecule has 12 rings (SSSR count). The van der Waals surface area contributed by atoms with Crippen molar-refractivity contribution in [2.75, 3.05) is 9.80 Å². The van der Waals surface area contributed by atoms with Crippen LogP contribution in [-0.2, 0) is 5.41 Å². The summed E-state index contributed by atoms with van der Waals surface area (Å²) < 4.78 is 0. The van der Waals surface area contributed by atoms with Crippen LogP contribution in [0.2, 0.25) is 0 Å². The van der Waals surface area contributed by atoms with Crippen LogP contribution in [0.15, 0.2) is 237 Å². The van der Waals surface area contributed by atoms with Crippen molar-refractivity contribution in [3.8, 4) is 44.5 Å². The topological polar surface area (TPSA) is 6.48 Å². The predicted molar refractivity (Wildman–Crippen MR) is 319 cm³/mol. The Morgan fingerprint density at radius 1 is 0.297 bits per heavy atom. The number of benzene rings is 12. The third kappa shape index (κ3) is 8.37. The lowest BCUT2D eigenvalue weighted by Gasteiger charge is -2.34. The van der Waals surface area contributed by atoms with Gasteiger partial charge in [-0.1, -0.05) is 203 Å². The third-order valence-corrected chi connectivity index (χ3v) is 15.2. The van der Waals surface area contributed by atoms with E-state index in [9.17, 15) is 0 Å². The molecule has 12 aromatic rings. The molecule has 0 spiro atoms. The van der Waals surface area contributed by atoms with Gasteiger partial charge in [-0.25, -0.2) is 0 Å². The average Bonchev–Trinajstić information content (AvgIpc) is 3.43. The van der Waals surface area contributed by atoms with E-state index in [0.717, 1.165) is 34.1 Å². The van der Waals surface area contributed by atoms with Crippen LogP contribution in [0.3, 0.4) is 0 Å². The molecule has 0 aromatic heterocycles. The number of anilines is 6. The molecular weight excluding hydrogens is 893 g/mol. The molecule has 0 fully saturated rings. The Morgan fingerprint density at radius 2 is 0.689 bits per heavy atom. The Morgan fingerprint density at radius 3 is 1.07 bits per heavy atom. The summed E-state index contributed by atoms with van der Waals surface area (Å²) in [5.41, 5.74) is 22.2. The van der Waals surface area contributed by atoms with Crippen molar-refractivity contribution in [3.63, 3.8) is 0 Å². The first-order chi connectivity index (χ1) is 36.0. The first-order valence-corrected chi connectivity index (χ1v) is 26.0. The summed E-state index contributed by atoms with van der Waals surface area (Å²) in [6, 6.07) is 88.1. The summed E-state index contributed by atoms with van der Waals surface area (Å²) in [7, 11) is 0. The molecule has 0 aliphatic heterocycles. The molecule has 0 radical (unpaired) electrons. The van der Waals surface area contributed by atoms with Gasteiger partial charge in [-0.05, 0) is 176 Å². The number of hydrogen-bond donors (Lipinski definition) is 0. The van der Waals surface area contributed by atoms with E-state index in [1.165, 1.54) is 105 Å². The Kier molecular flexibility index (Phi) is 11.7. The summed E-state index contributed by atoms with van der Waals surface area (Å²) in [6.07, 6.45) is 0. The van der Waals surface area contributed by atoms with E-state index in [-0.39, 0.29) is 5.41 Å². The lowest BCUT2D eigenvalue weighted by Crippen LogP contribution is -2.16. The normalized spacial score (nSPS) is 11.7. The van der Waals surface area contributed by atoms with Crippen LogP contribution in [0.1, 0.15) is 48.6 Å². The molecule has 2 nitrogen and oxygen atoms in total. The average molecular weight is 953 g/mol. The minimum Gasteiger partial charge on any atom is -0.309 e. The number of rotatable bonds is 10. The molecule has 12 aromatic carbocycles. The molecule has 0 saturated heterocycles. The molecule has 2 heteroatoms. The van der Waals surface area contributed by atoms with Crippen molar-refractivity contribution in [3.05, 3.63) is 264 Å². The predicted octanol–water partition coefficient (Wildman–Crippen LogP) is 20.7. The summed E-state index contributed by atoms with van der Waals surface area (Å²) >= 11 is 0. The zero-order chi connectivity index (χ0) is 50.7. The van der Waals surface area contributed by atoms with E-state index in [1.54, 1.807) is 0 Å². The molecule has 0 unspecified atom stereocenters. The number of nitrogens with zero attached hydrogens (tertiary/aromatic N) is 2.